The van der Waals surface area contributed by atoms with Crippen LogP contribution in [0.25, 0.3) is 10.2 Å². The van der Waals surface area contributed by atoms with E-state index in [4.69, 9.17) is 23.2 Å². The van der Waals surface area contributed by atoms with Crippen LogP contribution < -0.4 is 5.32 Å². The summed E-state index contributed by atoms with van der Waals surface area (Å²) in [6, 6.07) is 13.0. The van der Waals surface area contributed by atoms with E-state index < -0.39 is 0 Å². The second kappa shape index (κ2) is 7.74. The van der Waals surface area contributed by atoms with Gasteiger partial charge in [-0.25, -0.2) is 4.98 Å². The van der Waals surface area contributed by atoms with Gasteiger partial charge in [-0.3, -0.25) is 4.79 Å². The maximum atomic E-state index is 12.1. The van der Waals surface area contributed by atoms with Crippen molar-refractivity contribution >= 4 is 62.4 Å². The minimum absolute atomic E-state index is 0.0280. The highest BCUT2D eigenvalue weighted by atomic mass is 35.5. The van der Waals surface area contributed by atoms with E-state index in [0.717, 1.165) is 20.1 Å². The zero-order valence-electron chi connectivity index (χ0n) is 12.8. The second-order valence-corrected chi connectivity index (χ2v) is 8.35. The van der Waals surface area contributed by atoms with Gasteiger partial charge in [-0.05, 0) is 42.8 Å². The quantitative estimate of drug-likeness (QED) is 0.572. The highest BCUT2D eigenvalue weighted by Crippen LogP contribution is 2.31. The number of thioether (sulfide) groups is 1. The normalized spacial score (nSPS) is 12.3. The summed E-state index contributed by atoms with van der Waals surface area (Å²) in [7, 11) is 0. The van der Waals surface area contributed by atoms with Crippen molar-refractivity contribution in [2.24, 2.45) is 0 Å². The number of nitrogens with one attached hydrogen (secondary N) is 1. The molecule has 0 saturated carbocycles. The molecule has 0 unspecified atom stereocenters. The summed E-state index contributed by atoms with van der Waals surface area (Å²) < 4.78 is 1.93. The number of nitrogens with zero attached hydrogens (tertiary/aromatic N) is 1. The minimum Gasteiger partial charge on any atom is -0.349 e. The number of benzene rings is 2. The van der Waals surface area contributed by atoms with Crippen molar-refractivity contribution in [3.63, 3.8) is 0 Å². The first-order valence-corrected chi connectivity index (χ1v) is 9.81. The van der Waals surface area contributed by atoms with Gasteiger partial charge in [0.15, 0.2) is 4.34 Å². The average Bonchev–Trinajstić information content (AvgIpc) is 2.95. The molecule has 0 aliphatic heterocycles. The lowest BCUT2D eigenvalue weighted by Gasteiger charge is -2.14. The third-order valence-electron chi connectivity index (χ3n) is 3.40. The van der Waals surface area contributed by atoms with Crippen molar-refractivity contribution in [3.05, 3.63) is 58.1 Å². The molecular formula is C17H14Cl2N2OS2. The summed E-state index contributed by atoms with van der Waals surface area (Å²) >= 11 is 14.8. The van der Waals surface area contributed by atoms with E-state index in [9.17, 15) is 4.79 Å². The van der Waals surface area contributed by atoms with Crippen LogP contribution in [-0.4, -0.2) is 16.6 Å². The van der Waals surface area contributed by atoms with Crippen LogP contribution in [0.4, 0.5) is 0 Å². The summed E-state index contributed by atoms with van der Waals surface area (Å²) in [6.45, 7) is 1.95. The van der Waals surface area contributed by atoms with Crippen LogP contribution in [0.5, 0.6) is 0 Å². The van der Waals surface area contributed by atoms with E-state index in [0.29, 0.717) is 15.8 Å². The molecule has 0 radical (unpaired) electrons. The first kappa shape index (κ1) is 17.5. The molecule has 3 aromatic rings. The van der Waals surface area contributed by atoms with Gasteiger partial charge in [0.05, 0.1) is 22.0 Å². The van der Waals surface area contributed by atoms with E-state index in [-0.39, 0.29) is 11.9 Å². The van der Waals surface area contributed by atoms with E-state index >= 15 is 0 Å². The van der Waals surface area contributed by atoms with Gasteiger partial charge in [0, 0.05) is 10.0 Å². The van der Waals surface area contributed by atoms with Crippen molar-refractivity contribution in [2.45, 2.75) is 17.3 Å². The molecule has 2 aromatic carbocycles. The molecule has 24 heavy (non-hydrogen) atoms. The Morgan fingerprint density at radius 1 is 1.21 bits per heavy atom. The van der Waals surface area contributed by atoms with Crippen molar-refractivity contribution in [2.75, 3.05) is 5.75 Å². The number of thiazole rings is 1. The highest BCUT2D eigenvalue weighted by molar-refractivity contribution is 8.01. The van der Waals surface area contributed by atoms with Gasteiger partial charge in [-0.2, -0.15) is 0 Å². The largest absolute Gasteiger partial charge is 0.349 e. The fourth-order valence-corrected chi connectivity index (χ4v) is 4.34. The number of fused-ring (bicyclic) bond motifs is 1. The fraction of sp³-hybridized carbons (Fsp3) is 0.176. The lowest BCUT2D eigenvalue weighted by molar-refractivity contribution is -0.119. The molecular weight excluding hydrogens is 383 g/mol. The maximum Gasteiger partial charge on any atom is 0.230 e. The van der Waals surface area contributed by atoms with Gasteiger partial charge in [0.1, 0.15) is 0 Å². The van der Waals surface area contributed by atoms with E-state index in [1.54, 1.807) is 11.3 Å². The monoisotopic (exact) mass is 396 g/mol. The Hall–Kier alpha value is -1.27. The van der Waals surface area contributed by atoms with Crippen molar-refractivity contribution in [1.29, 1.82) is 0 Å². The molecule has 0 spiro atoms. The van der Waals surface area contributed by atoms with Crippen LogP contribution in [-0.2, 0) is 4.79 Å². The van der Waals surface area contributed by atoms with Crippen LogP contribution in [0.3, 0.4) is 0 Å². The standard InChI is InChI=1S/C17H14Cl2N2OS2/c1-10(11-2-4-12(18)5-3-11)20-16(22)9-23-17-21-14-8-13(19)6-7-15(14)24-17/h2-8,10H,9H2,1H3,(H,20,22)/t10-/m0/s1. The van der Waals surface area contributed by atoms with Gasteiger partial charge < -0.3 is 5.32 Å². The van der Waals surface area contributed by atoms with Gasteiger partial charge in [-0.1, -0.05) is 47.1 Å². The van der Waals surface area contributed by atoms with Crippen molar-refractivity contribution < 1.29 is 4.79 Å². The van der Waals surface area contributed by atoms with Crippen molar-refractivity contribution in [1.82, 2.24) is 10.3 Å². The zero-order valence-corrected chi connectivity index (χ0v) is 15.9. The molecule has 0 saturated heterocycles. The Bertz CT molecular complexity index is 865. The van der Waals surface area contributed by atoms with Gasteiger partial charge in [-0.15, -0.1) is 11.3 Å². The number of halogens is 2. The fourth-order valence-electron chi connectivity index (χ4n) is 2.19. The van der Waals surface area contributed by atoms with Crippen LogP contribution in [0, 0.1) is 0 Å². The van der Waals surface area contributed by atoms with Crippen molar-refractivity contribution in [3.8, 4) is 0 Å². The number of carbonyl (C=O) groups excluding carboxylic acids is 1. The molecule has 0 aliphatic carbocycles. The average molecular weight is 397 g/mol. The Morgan fingerprint density at radius 3 is 2.67 bits per heavy atom. The lowest BCUT2D eigenvalue weighted by Crippen LogP contribution is -2.28. The van der Waals surface area contributed by atoms with Gasteiger partial charge in [0.25, 0.3) is 0 Å². The summed E-state index contributed by atoms with van der Waals surface area (Å²) in [5.74, 6) is 0.297. The van der Waals surface area contributed by atoms with Gasteiger partial charge >= 0.3 is 0 Å². The number of rotatable bonds is 5. The Morgan fingerprint density at radius 2 is 1.92 bits per heavy atom. The van der Waals surface area contributed by atoms with Crippen LogP contribution in [0.2, 0.25) is 10.0 Å². The van der Waals surface area contributed by atoms with Gasteiger partial charge in [0.2, 0.25) is 5.91 Å². The number of aromatic nitrogens is 1. The molecule has 3 rings (SSSR count). The smallest absolute Gasteiger partial charge is 0.230 e. The summed E-state index contributed by atoms with van der Waals surface area (Å²) in [5.41, 5.74) is 1.89. The molecule has 0 bridgehead atoms. The Kier molecular flexibility index (Phi) is 5.66. The SMILES string of the molecule is C[C@H](NC(=O)CSc1nc2cc(Cl)ccc2s1)c1ccc(Cl)cc1. The number of hydrogen-bond donors (Lipinski definition) is 1. The topological polar surface area (TPSA) is 42.0 Å². The molecule has 3 nitrogen and oxygen atoms in total. The molecule has 1 N–H and O–H groups in total. The molecule has 0 aliphatic rings. The third kappa shape index (κ3) is 4.42. The third-order valence-corrected chi connectivity index (χ3v) is 6.07. The molecule has 1 amide bonds. The maximum absolute atomic E-state index is 12.1. The summed E-state index contributed by atoms with van der Waals surface area (Å²) in [4.78, 5) is 16.6. The molecule has 7 heteroatoms. The van der Waals surface area contributed by atoms with Crippen LogP contribution in [0.1, 0.15) is 18.5 Å². The number of hydrogen-bond acceptors (Lipinski definition) is 4. The molecule has 124 valence electrons. The molecule has 1 aromatic heterocycles. The predicted molar refractivity (Wildman–Crippen MR) is 103 cm³/mol. The summed E-state index contributed by atoms with van der Waals surface area (Å²) in [5, 5.41) is 4.33. The van der Waals surface area contributed by atoms with E-state index in [2.05, 4.69) is 10.3 Å². The van der Waals surface area contributed by atoms with Crippen LogP contribution in [0.15, 0.2) is 46.8 Å². The van der Waals surface area contributed by atoms with Crippen LogP contribution >= 0.6 is 46.3 Å². The molecule has 1 heterocycles. The summed E-state index contributed by atoms with van der Waals surface area (Å²) in [6.07, 6.45) is 0. The van der Waals surface area contributed by atoms with E-state index in [1.165, 1.54) is 11.8 Å². The Balaban J connectivity index is 1.57. The Labute approximate surface area is 158 Å². The number of amides is 1. The minimum atomic E-state index is -0.0652. The van der Waals surface area contributed by atoms with E-state index in [1.807, 2.05) is 49.4 Å². The molecule has 1 atom stereocenters. The first-order chi connectivity index (χ1) is 11.5. The number of carbonyl (C=O) groups is 1. The zero-order chi connectivity index (χ0) is 17.1. The molecule has 0 fully saturated rings. The lowest BCUT2D eigenvalue weighted by atomic mass is 10.1. The predicted octanol–water partition coefficient (Wildman–Crippen LogP) is 5.57. The second-order valence-electron chi connectivity index (χ2n) is 5.22. The highest BCUT2D eigenvalue weighted by Gasteiger charge is 2.12. The first-order valence-electron chi connectivity index (χ1n) is 7.25.